The molecule has 1 aliphatic heterocycles. The van der Waals surface area contributed by atoms with Crippen molar-refractivity contribution in [3.8, 4) is 0 Å². The predicted octanol–water partition coefficient (Wildman–Crippen LogP) is 0.851. The minimum absolute atomic E-state index is 0.00463. The number of hydrogen-bond donors (Lipinski definition) is 2. The van der Waals surface area contributed by atoms with E-state index in [0.29, 0.717) is 5.92 Å². The van der Waals surface area contributed by atoms with Gasteiger partial charge in [0.1, 0.15) is 0 Å². The summed E-state index contributed by atoms with van der Waals surface area (Å²) in [5.41, 5.74) is 6.02. The highest BCUT2D eigenvalue weighted by molar-refractivity contribution is 5.67. The third-order valence-electron chi connectivity index (χ3n) is 2.96. The van der Waals surface area contributed by atoms with E-state index in [9.17, 15) is 4.79 Å². The number of rotatable bonds is 4. The van der Waals surface area contributed by atoms with Crippen molar-refractivity contribution in [2.75, 3.05) is 13.2 Å². The molecular formula is C10H19NO3. The zero-order valence-electron chi connectivity index (χ0n) is 8.61. The second-order valence-corrected chi connectivity index (χ2v) is 4.10. The van der Waals surface area contributed by atoms with E-state index in [2.05, 4.69) is 0 Å². The Balaban J connectivity index is 2.37. The van der Waals surface area contributed by atoms with Crippen molar-refractivity contribution < 1.29 is 14.6 Å². The maximum absolute atomic E-state index is 10.5. The van der Waals surface area contributed by atoms with Crippen LogP contribution in [-0.2, 0) is 9.53 Å². The van der Waals surface area contributed by atoms with Crippen LogP contribution in [0.1, 0.15) is 26.2 Å². The Morgan fingerprint density at radius 1 is 1.57 bits per heavy atom. The Morgan fingerprint density at radius 3 is 2.64 bits per heavy atom. The molecular weight excluding hydrogens is 182 g/mol. The van der Waals surface area contributed by atoms with Gasteiger partial charge in [0, 0.05) is 25.7 Å². The van der Waals surface area contributed by atoms with Gasteiger partial charge in [0.05, 0.1) is 0 Å². The van der Waals surface area contributed by atoms with Crippen LogP contribution in [0.25, 0.3) is 0 Å². The molecule has 4 nitrogen and oxygen atoms in total. The summed E-state index contributed by atoms with van der Waals surface area (Å²) in [6.07, 6.45) is 2.09. The Hall–Kier alpha value is -0.610. The molecule has 14 heavy (non-hydrogen) atoms. The fourth-order valence-corrected chi connectivity index (χ4v) is 1.98. The van der Waals surface area contributed by atoms with Crippen LogP contribution in [0.3, 0.4) is 0 Å². The summed E-state index contributed by atoms with van der Waals surface area (Å²) < 4.78 is 5.24. The molecule has 0 aromatic rings. The van der Waals surface area contributed by atoms with Crippen molar-refractivity contribution >= 4 is 5.97 Å². The standard InChI is InChI=1S/C10H19NO3/c1-7(6-9(12)13)10(11)8-2-4-14-5-3-8/h7-8,10H,2-6,11H2,1H3,(H,12,13). The van der Waals surface area contributed by atoms with E-state index in [1.165, 1.54) is 0 Å². The number of ether oxygens (including phenoxy) is 1. The van der Waals surface area contributed by atoms with E-state index >= 15 is 0 Å². The van der Waals surface area contributed by atoms with Gasteiger partial charge in [0.25, 0.3) is 0 Å². The smallest absolute Gasteiger partial charge is 0.303 e. The molecule has 0 radical (unpaired) electrons. The molecule has 4 heteroatoms. The first-order valence-electron chi connectivity index (χ1n) is 5.16. The number of carbonyl (C=O) groups is 1. The molecule has 3 N–H and O–H groups in total. The van der Waals surface area contributed by atoms with E-state index in [4.69, 9.17) is 15.6 Å². The van der Waals surface area contributed by atoms with Gasteiger partial charge >= 0.3 is 5.97 Å². The van der Waals surface area contributed by atoms with E-state index in [1.54, 1.807) is 0 Å². The van der Waals surface area contributed by atoms with E-state index in [-0.39, 0.29) is 18.4 Å². The van der Waals surface area contributed by atoms with E-state index < -0.39 is 5.97 Å². The molecule has 0 aromatic carbocycles. The van der Waals surface area contributed by atoms with Crippen LogP contribution in [0.5, 0.6) is 0 Å². The van der Waals surface area contributed by atoms with Crippen LogP contribution in [0, 0.1) is 11.8 Å². The van der Waals surface area contributed by atoms with Gasteiger partial charge in [-0.2, -0.15) is 0 Å². The topological polar surface area (TPSA) is 72.5 Å². The van der Waals surface area contributed by atoms with Crippen LogP contribution < -0.4 is 5.73 Å². The molecule has 2 atom stereocenters. The molecule has 1 saturated heterocycles. The van der Waals surface area contributed by atoms with Gasteiger partial charge in [-0.25, -0.2) is 0 Å². The zero-order valence-corrected chi connectivity index (χ0v) is 8.61. The summed E-state index contributed by atoms with van der Waals surface area (Å²) in [5.74, 6) is -0.284. The van der Waals surface area contributed by atoms with Gasteiger partial charge in [-0.1, -0.05) is 6.92 Å². The SMILES string of the molecule is CC(CC(=O)O)C(N)C1CCOCC1. The van der Waals surface area contributed by atoms with Crippen LogP contribution in [0.2, 0.25) is 0 Å². The molecule has 0 bridgehead atoms. The highest BCUT2D eigenvalue weighted by atomic mass is 16.5. The lowest BCUT2D eigenvalue weighted by Gasteiger charge is -2.30. The largest absolute Gasteiger partial charge is 0.481 e. The molecule has 0 spiro atoms. The number of nitrogens with two attached hydrogens (primary N) is 1. The lowest BCUT2D eigenvalue weighted by molar-refractivity contribution is -0.138. The van der Waals surface area contributed by atoms with Crippen molar-refractivity contribution in [1.29, 1.82) is 0 Å². The van der Waals surface area contributed by atoms with Crippen LogP contribution in [-0.4, -0.2) is 30.3 Å². The number of carboxylic acids is 1. The van der Waals surface area contributed by atoms with Gasteiger partial charge in [-0.3, -0.25) is 4.79 Å². The molecule has 82 valence electrons. The summed E-state index contributed by atoms with van der Waals surface area (Å²) in [5, 5.41) is 8.65. The summed E-state index contributed by atoms with van der Waals surface area (Å²) in [6.45, 7) is 3.44. The monoisotopic (exact) mass is 201 g/mol. The third-order valence-corrected chi connectivity index (χ3v) is 2.96. The molecule has 0 saturated carbocycles. The Bertz CT molecular complexity index is 190. The van der Waals surface area contributed by atoms with Crippen molar-refractivity contribution in [3.05, 3.63) is 0 Å². The van der Waals surface area contributed by atoms with Gasteiger partial charge < -0.3 is 15.6 Å². The van der Waals surface area contributed by atoms with Crippen molar-refractivity contribution in [3.63, 3.8) is 0 Å². The Labute approximate surface area is 84.4 Å². The molecule has 1 aliphatic rings. The fraction of sp³-hybridized carbons (Fsp3) is 0.900. The Morgan fingerprint density at radius 2 is 2.14 bits per heavy atom. The maximum atomic E-state index is 10.5. The molecule has 0 aliphatic carbocycles. The Kier molecular flexibility index (Phi) is 4.35. The number of aliphatic carboxylic acids is 1. The number of hydrogen-bond acceptors (Lipinski definition) is 3. The first-order valence-corrected chi connectivity index (χ1v) is 5.16. The summed E-state index contributed by atoms with van der Waals surface area (Å²) in [6, 6.07) is -0.00463. The van der Waals surface area contributed by atoms with Gasteiger partial charge in [-0.05, 0) is 24.7 Å². The average molecular weight is 201 g/mol. The molecule has 1 heterocycles. The maximum Gasteiger partial charge on any atom is 0.303 e. The summed E-state index contributed by atoms with van der Waals surface area (Å²) in [4.78, 5) is 10.5. The minimum atomic E-state index is -0.764. The molecule has 1 rings (SSSR count). The highest BCUT2D eigenvalue weighted by Gasteiger charge is 2.26. The van der Waals surface area contributed by atoms with Gasteiger partial charge in [-0.15, -0.1) is 0 Å². The quantitative estimate of drug-likeness (QED) is 0.707. The van der Waals surface area contributed by atoms with Crippen molar-refractivity contribution in [2.45, 2.75) is 32.2 Å². The van der Waals surface area contributed by atoms with Crippen molar-refractivity contribution in [1.82, 2.24) is 0 Å². The summed E-state index contributed by atoms with van der Waals surface area (Å²) >= 11 is 0. The molecule has 2 unspecified atom stereocenters. The second-order valence-electron chi connectivity index (χ2n) is 4.10. The van der Waals surface area contributed by atoms with Crippen LogP contribution in [0.4, 0.5) is 0 Å². The van der Waals surface area contributed by atoms with Gasteiger partial charge in [0.2, 0.25) is 0 Å². The minimum Gasteiger partial charge on any atom is -0.481 e. The highest BCUT2D eigenvalue weighted by Crippen LogP contribution is 2.23. The normalized spacial score (nSPS) is 23.0. The van der Waals surface area contributed by atoms with Gasteiger partial charge in [0.15, 0.2) is 0 Å². The number of carboxylic acid groups (broad SMARTS) is 1. The third kappa shape index (κ3) is 3.27. The first kappa shape index (κ1) is 11.5. The lowest BCUT2D eigenvalue weighted by Crippen LogP contribution is -2.40. The lowest BCUT2D eigenvalue weighted by atomic mass is 9.83. The molecule has 1 fully saturated rings. The van der Waals surface area contributed by atoms with Crippen LogP contribution in [0.15, 0.2) is 0 Å². The molecule has 0 aromatic heterocycles. The first-order chi connectivity index (χ1) is 6.61. The average Bonchev–Trinajstić information content (AvgIpc) is 2.17. The molecule has 0 amide bonds. The van der Waals surface area contributed by atoms with E-state index in [1.807, 2.05) is 6.92 Å². The second kappa shape index (κ2) is 5.32. The summed E-state index contributed by atoms with van der Waals surface area (Å²) in [7, 11) is 0. The van der Waals surface area contributed by atoms with E-state index in [0.717, 1.165) is 26.1 Å². The fourth-order valence-electron chi connectivity index (χ4n) is 1.98. The van der Waals surface area contributed by atoms with Crippen molar-refractivity contribution in [2.24, 2.45) is 17.6 Å². The van der Waals surface area contributed by atoms with Crippen LogP contribution >= 0.6 is 0 Å². The predicted molar refractivity (Wildman–Crippen MR) is 52.9 cm³/mol. The zero-order chi connectivity index (χ0) is 10.6.